The highest BCUT2D eigenvalue weighted by Crippen LogP contribution is 2.38. The molecule has 80 valence electrons. The Morgan fingerprint density at radius 3 is 2.80 bits per heavy atom. The van der Waals surface area contributed by atoms with Gasteiger partial charge in [-0.05, 0) is 31.9 Å². The molecule has 3 heteroatoms. The normalized spacial score (nSPS) is 17.9. The lowest BCUT2D eigenvalue weighted by molar-refractivity contribution is 0.174. The van der Waals surface area contributed by atoms with Crippen LogP contribution < -0.4 is 14.4 Å². The summed E-state index contributed by atoms with van der Waals surface area (Å²) in [5, 5.41) is 0. The second-order valence-corrected chi connectivity index (χ2v) is 4.05. The summed E-state index contributed by atoms with van der Waals surface area (Å²) in [5.41, 5.74) is 1.25. The van der Waals surface area contributed by atoms with Gasteiger partial charge in [-0.25, -0.2) is 0 Å². The van der Waals surface area contributed by atoms with Crippen LogP contribution in [-0.4, -0.2) is 19.4 Å². The SMILES string of the molecule is CCN(c1ccc2c(c1)OCO2)C1CC1. The van der Waals surface area contributed by atoms with Crippen LogP contribution in [0, 0.1) is 0 Å². The molecule has 0 N–H and O–H groups in total. The van der Waals surface area contributed by atoms with Gasteiger partial charge in [-0.1, -0.05) is 0 Å². The van der Waals surface area contributed by atoms with E-state index in [-0.39, 0.29) is 0 Å². The predicted octanol–water partition coefficient (Wildman–Crippen LogP) is 2.40. The van der Waals surface area contributed by atoms with E-state index >= 15 is 0 Å². The van der Waals surface area contributed by atoms with Crippen LogP contribution in [-0.2, 0) is 0 Å². The quantitative estimate of drug-likeness (QED) is 0.756. The average Bonchev–Trinajstić information content (AvgIpc) is 2.97. The Labute approximate surface area is 89.6 Å². The van der Waals surface area contributed by atoms with E-state index in [9.17, 15) is 0 Å². The van der Waals surface area contributed by atoms with Crippen molar-refractivity contribution in [2.24, 2.45) is 0 Å². The third-order valence-electron chi connectivity index (χ3n) is 3.02. The largest absolute Gasteiger partial charge is 0.454 e. The van der Waals surface area contributed by atoms with Crippen molar-refractivity contribution < 1.29 is 9.47 Å². The van der Waals surface area contributed by atoms with Gasteiger partial charge >= 0.3 is 0 Å². The number of nitrogens with zero attached hydrogens (tertiary/aromatic N) is 1. The summed E-state index contributed by atoms with van der Waals surface area (Å²) in [7, 11) is 0. The highest BCUT2D eigenvalue weighted by Gasteiger charge is 2.28. The molecule has 1 aliphatic carbocycles. The lowest BCUT2D eigenvalue weighted by Gasteiger charge is -2.22. The van der Waals surface area contributed by atoms with Crippen molar-refractivity contribution in [1.82, 2.24) is 0 Å². The van der Waals surface area contributed by atoms with Crippen LogP contribution >= 0.6 is 0 Å². The predicted molar refractivity (Wildman–Crippen MR) is 58.6 cm³/mol. The molecule has 1 saturated carbocycles. The Balaban J connectivity index is 1.90. The summed E-state index contributed by atoms with van der Waals surface area (Å²) < 4.78 is 10.7. The first-order valence-electron chi connectivity index (χ1n) is 5.55. The van der Waals surface area contributed by atoms with Crippen LogP contribution in [0.5, 0.6) is 11.5 Å². The maximum absolute atomic E-state index is 5.39. The summed E-state index contributed by atoms with van der Waals surface area (Å²) in [5.74, 6) is 1.75. The highest BCUT2D eigenvalue weighted by molar-refractivity contribution is 5.58. The summed E-state index contributed by atoms with van der Waals surface area (Å²) in [6.45, 7) is 3.61. The molecule has 0 amide bonds. The molecular formula is C12H15NO2. The molecule has 2 aliphatic rings. The van der Waals surface area contributed by atoms with E-state index in [1.807, 2.05) is 6.07 Å². The molecule has 1 heterocycles. The van der Waals surface area contributed by atoms with Crippen molar-refractivity contribution in [3.8, 4) is 11.5 Å². The molecule has 1 aliphatic heterocycles. The summed E-state index contributed by atoms with van der Waals surface area (Å²) in [6.07, 6.45) is 2.64. The molecule has 1 aromatic carbocycles. The third kappa shape index (κ3) is 1.52. The number of ether oxygens (including phenoxy) is 2. The second-order valence-electron chi connectivity index (χ2n) is 4.05. The van der Waals surface area contributed by atoms with Gasteiger partial charge in [-0.15, -0.1) is 0 Å². The van der Waals surface area contributed by atoms with Crippen molar-refractivity contribution in [2.75, 3.05) is 18.2 Å². The second kappa shape index (κ2) is 3.33. The van der Waals surface area contributed by atoms with Crippen LogP contribution in [0.1, 0.15) is 19.8 Å². The fraction of sp³-hybridized carbons (Fsp3) is 0.500. The molecule has 0 aromatic heterocycles. The highest BCUT2D eigenvalue weighted by atomic mass is 16.7. The molecule has 1 aromatic rings. The summed E-state index contributed by atoms with van der Waals surface area (Å²) in [6, 6.07) is 6.96. The minimum atomic E-state index is 0.355. The monoisotopic (exact) mass is 205 g/mol. The summed E-state index contributed by atoms with van der Waals surface area (Å²) >= 11 is 0. The van der Waals surface area contributed by atoms with Gasteiger partial charge in [0.2, 0.25) is 6.79 Å². The maximum atomic E-state index is 5.39. The van der Waals surface area contributed by atoms with Gasteiger partial charge in [0, 0.05) is 24.3 Å². The molecule has 3 rings (SSSR count). The third-order valence-corrected chi connectivity index (χ3v) is 3.02. The first kappa shape index (κ1) is 8.89. The molecule has 0 bridgehead atoms. The van der Waals surface area contributed by atoms with Crippen molar-refractivity contribution in [1.29, 1.82) is 0 Å². The van der Waals surface area contributed by atoms with Gasteiger partial charge in [-0.3, -0.25) is 0 Å². The number of benzene rings is 1. The molecule has 3 nitrogen and oxygen atoms in total. The molecule has 15 heavy (non-hydrogen) atoms. The molecule has 0 atom stereocenters. The number of rotatable bonds is 3. The van der Waals surface area contributed by atoms with Crippen molar-refractivity contribution >= 4 is 5.69 Å². The minimum absolute atomic E-state index is 0.355. The lowest BCUT2D eigenvalue weighted by Crippen LogP contribution is -2.24. The Kier molecular flexibility index (Phi) is 1.97. The number of hydrogen-bond acceptors (Lipinski definition) is 3. The molecule has 0 unspecified atom stereocenters. The van der Waals surface area contributed by atoms with Gasteiger partial charge in [-0.2, -0.15) is 0 Å². The van der Waals surface area contributed by atoms with E-state index in [4.69, 9.17) is 9.47 Å². The molecule has 0 spiro atoms. The van der Waals surface area contributed by atoms with Gasteiger partial charge < -0.3 is 14.4 Å². The Bertz CT molecular complexity index is 374. The minimum Gasteiger partial charge on any atom is -0.454 e. The fourth-order valence-corrected chi connectivity index (χ4v) is 2.10. The van der Waals surface area contributed by atoms with Crippen LogP contribution in [0.25, 0.3) is 0 Å². The van der Waals surface area contributed by atoms with Crippen molar-refractivity contribution in [2.45, 2.75) is 25.8 Å². The van der Waals surface area contributed by atoms with Crippen LogP contribution in [0.4, 0.5) is 5.69 Å². The maximum Gasteiger partial charge on any atom is 0.231 e. The standard InChI is InChI=1S/C12H15NO2/c1-2-13(9-3-4-9)10-5-6-11-12(7-10)15-8-14-11/h5-7,9H,2-4,8H2,1H3. The zero-order chi connectivity index (χ0) is 10.3. The first-order chi connectivity index (χ1) is 7.38. The van der Waals surface area contributed by atoms with Gasteiger partial charge in [0.25, 0.3) is 0 Å². The topological polar surface area (TPSA) is 21.7 Å². The van der Waals surface area contributed by atoms with Crippen LogP contribution in [0.3, 0.4) is 0 Å². The van der Waals surface area contributed by atoms with E-state index in [2.05, 4.69) is 24.0 Å². The first-order valence-corrected chi connectivity index (χ1v) is 5.55. The van der Waals surface area contributed by atoms with E-state index < -0.39 is 0 Å². The Morgan fingerprint density at radius 1 is 1.27 bits per heavy atom. The zero-order valence-electron chi connectivity index (χ0n) is 8.90. The Morgan fingerprint density at radius 2 is 2.07 bits per heavy atom. The van der Waals surface area contributed by atoms with E-state index in [1.54, 1.807) is 0 Å². The molecule has 0 saturated heterocycles. The number of anilines is 1. The van der Waals surface area contributed by atoms with Crippen LogP contribution in [0.2, 0.25) is 0 Å². The van der Waals surface area contributed by atoms with Crippen molar-refractivity contribution in [3.05, 3.63) is 18.2 Å². The number of fused-ring (bicyclic) bond motifs is 1. The van der Waals surface area contributed by atoms with E-state index in [0.29, 0.717) is 6.79 Å². The zero-order valence-corrected chi connectivity index (χ0v) is 8.90. The molecular weight excluding hydrogens is 190 g/mol. The molecule has 0 radical (unpaired) electrons. The van der Waals surface area contributed by atoms with Gasteiger partial charge in [0.05, 0.1) is 0 Å². The van der Waals surface area contributed by atoms with Crippen molar-refractivity contribution in [3.63, 3.8) is 0 Å². The number of hydrogen-bond donors (Lipinski definition) is 0. The fourth-order valence-electron chi connectivity index (χ4n) is 2.10. The average molecular weight is 205 g/mol. The molecule has 1 fully saturated rings. The van der Waals surface area contributed by atoms with Gasteiger partial charge in [0.15, 0.2) is 11.5 Å². The van der Waals surface area contributed by atoms with E-state index in [0.717, 1.165) is 24.1 Å². The summed E-state index contributed by atoms with van der Waals surface area (Å²) in [4.78, 5) is 2.43. The van der Waals surface area contributed by atoms with Crippen LogP contribution in [0.15, 0.2) is 18.2 Å². The van der Waals surface area contributed by atoms with Gasteiger partial charge in [0.1, 0.15) is 0 Å². The van der Waals surface area contributed by atoms with E-state index in [1.165, 1.54) is 18.5 Å². The smallest absolute Gasteiger partial charge is 0.231 e. The lowest BCUT2D eigenvalue weighted by atomic mass is 10.2. The Hall–Kier alpha value is -1.38.